The van der Waals surface area contributed by atoms with Gasteiger partial charge in [-0.25, -0.2) is 5.90 Å². The van der Waals surface area contributed by atoms with Crippen LogP contribution < -0.4 is 5.90 Å². The largest absolute Gasteiger partial charge is 0.481 e. The molecular formula is C18H23N3O3. The Balaban J connectivity index is 0.00000139. The van der Waals surface area contributed by atoms with Gasteiger partial charge in [0.2, 0.25) is 0 Å². The lowest BCUT2D eigenvalue weighted by molar-refractivity contribution is -0.137. The van der Waals surface area contributed by atoms with Crippen molar-refractivity contribution in [3.05, 3.63) is 66.3 Å². The summed E-state index contributed by atoms with van der Waals surface area (Å²) in [6.07, 6.45) is 9.45. The summed E-state index contributed by atoms with van der Waals surface area (Å²) in [5, 5.41) is 15.1. The van der Waals surface area contributed by atoms with E-state index >= 15 is 0 Å². The van der Waals surface area contributed by atoms with E-state index in [4.69, 9.17) is 10.3 Å². The molecule has 6 heteroatoms. The van der Waals surface area contributed by atoms with E-state index in [9.17, 15) is 4.79 Å². The van der Waals surface area contributed by atoms with Crippen molar-refractivity contribution in [3.8, 4) is 0 Å². The minimum atomic E-state index is -0.724. The Hall–Kier alpha value is -2.57. The van der Waals surface area contributed by atoms with Crippen LogP contribution in [0, 0.1) is 0 Å². The topological polar surface area (TPSA) is 109 Å². The molecule has 0 atom stereocenters. The highest BCUT2D eigenvalue weighted by molar-refractivity contribution is 5.75. The number of nitrogens with zero attached hydrogens (tertiary/aromatic N) is 2. The predicted octanol–water partition coefficient (Wildman–Crippen LogP) is 3.28. The Labute approximate surface area is 141 Å². The first-order valence-corrected chi connectivity index (χ1v) is 7.78. The van der Waals surface area contributed by atoms with E-state index in [1.807, 2.05) is 36.4 Å². The van der Waals surface area contributed by atoms with Crippen LogP contribution in [0.15, 0.2) is 54.9 Å². The second-order valence-corrected chi connectivity index (χ2v) is 5.04. The van der Waals surface area contributed by atoms with Gasteiger partial charge in [0.25, 0.3) is 0 Å². The Kier molecular flexibility index (Phi) is 9.68. The number of nitrogens with two attached hydrogens (primary N) is 1. The van der Waals surface area contributed by atoms with Gasteiger partial charge >= 0.3 is 5.97 Å². The van der Waals surface area contributed by atoms with Crippen LogP contribution in [0.5, 0.6) is 0 Å². The number of carboxylic acid groups (broad SMARTS) is 1. The fourth-order valence-corrected chi connectivity index (χ4v) is 2.23. The van der Waals surface area contributed by atoms with Gasteiger partial charge in [-0.1, -0.05) is 24.6 Å². The zero-order valence-electron chi connectivity index (χ0n) is 13.5. The highest BCUT2D eigenvalue weighted by Gasteiger charge is 2.06. The van der Waals surface area contributed by atoms with E-state index in [1.165, 1.54) is 0 Å². The molecule has 0 amide bonds. The van der Waals surface area contributed by atoms with Crippen molar-refractivity contribution in [2.24, 2.45) is 5.90 Å². The normalized spacial score (nSPS) is 9.58. The molecule has 2 heterocycles. The highest BCUT2D eigenvalue weighted by atomic mass is 16.4. The summed E-state index contributed by atoms with van der Waals surface area (Å²) in [5.41, 5.74) is 2.85. The number of pyridine rings is 2. The average Bonchev–Trinajstić information content (AvgIpc) is 2.64. The number of aromatic nitrogens is 2. The fraction of sp³-hybridized carbons (Fsp3) is 0.278. The van der Waals surface area contributed by atoms with Gasteiger partial charge in [0.15, 0.2) is 0 Å². The molecule has 0 saturated heterocycles. The zero-order valence-corrected chi connectivity index (χ0v) is 13.5. The molecule has 2 aromatic heterocycles. The quantitative estimate of drug-likeness (QED) is 0.506. The Bertz CT molecular complexity index is 574. The van der Waals surface area contributed by atoms with Gasteiger partial charge in [0.1, 0.15) is 0 Å². The smallest absolute Gasteiger partial charge is 0.303 e. The molecule has 4 N–H and O–H groups in total. The van der Waals surface area contributed by atoms with Crippen molar-refractivity contribution in [2.75, 3.05) is 0 Å². The third-order valence-corrected chi connectivity index (χ3v) is 3.32. The number of unbranched alkanes of at least 4 members (excludes halogenated alkanes) is 3. The second-order valence-electron chi connectivity index (χ2n) is 5.04. The predicted molar refractivity (Wildman–Crippen MR) is 92.2 cm³/mol. The number of allylic oxidation sites excluding steroid dienone is 1. The maximum absolute atomic E-state index is 10.5. The minimum absolute atomic E-state index is 0.247. The average molecular weight is 329 g/mol. The van der Waals surface area contributed by atoms with Crippen LogP contribution in [0.25, 0.3) is 5.57 Å². The number of aliphatic carboxylic acids is 1. The number of hydrogen-bond donors (Lipinski definition) is 3. The third-order valence-electron chi connectivity index (χ3n) is 3.32. The monoisotopic (exact) mass is 329 g/mol. The van der Waals surface area contributed by atoms with Gasteiger partial charge in [-0.3, -0.25) is 14.8 Å². The Morgan fingerprint density at radius 2 is 1.54 bits per heavy atom. The standard InChI is InChI=1S/C18H20N2O2.H3NO/c21-18(22)12-4-2-1-3-9-15(16-10-5-7-13-19-16)17-11-6-8-14-20-17;1-2/h5-11,13-14H,1-4,12H2,(H,21,22);2H,1H2. The molecular weight excluding hydrogens is 306 g/mol. The van der Waals surface area contributed by atoms with Crippen molar-refractivity contribution in [1.29, 1.82) is 0 Å². The SMILES string of the molecule is NO.O=C(O)CCCCCC=C(c1ccccn1)c1ccccn1. The summed E-state index contributed by atoms with van der Waals surface area (Å²) in [7, 11) is 0. The first kappa shape index (κ1) is 19.5. The summed E-state index contributed by atoms with van der Waals surface area (Å²) < 4.78 is 0. The van der Waals surface area contributed by atoms with Gasteiger partial charge < -0.3 is 10.3 Å². The maximum atomic E-state index is 10.5. The molecule has 0 aliphatic carbocycles. The highest BCUT2D eigenvalue weighted by Crippen LogP contribution is 2.21. The van der Waals surface area contributed by atoms with Crippen molar-refractivity contribution >= 4 is 11.5 Å². The van der Waals surface area contributed by atoms with Crippen LogP contribution in [0.3, 0.4) is 0 Å². The molecule has 0 saturated carbocycles. The van der Waals surface area contributed by atoms with Gasteiger partial charge in [0, 0.05) is 24.4 Å². The molecule has 0 bridgehead atoms. The van der Waals surface area contributed by atoms with E-state index in [0.29, 0.717) is 0 Å². The van der Waals surface area contributed by atoms with Crippen molar-refractivity contribution in [2.45, 2.75) is 32.1 Å². The second kappa shape index (κ2) is 11.9. The lowest BCUT2D eigenvalue weighted by Gasteiger charge is -2.06. The molecule has 6 nitrogen and oxygen atoms in total. The first-order valence-electron chi connectivity index (χ1n) is 7.78. The van der Waals surface area contributed by atoms with Gasteiger partial charge in [-0.15, -0.1) is 0 Å². The van der Waals surface area contributed by atoms with E-state index in [-0.39, 0.29) is 6.42 Å². The van der Waals surface area contributed by atoms with Crippen LogP contribution in [0.2, 0.25) is 0 Å². The summed E-state index contributed by atoms with van der Waals surface area (Å²) >= 11 is 0. The molecule has 0 aromatic carbocycles. The zero-order chi connectivity index (χ0) is 17.6. The van der Waals surface area contributed by atoms with E-state index in [1.54, 1.807) is 12.4 Å². The van der Waals surface area contributed by atoms with Gasteiger partial charge in [0.05, 0.1) is 11.4 Å². The third kappa shape index (κ3) is 7.13. The Morgan fingerprint density at radius 3 is 2.00 bits per heavy atom. The van der Waals surface area contributed by atoms with Crippen molar-refractivity contribution in [1.82, 2.24) is 9.97 Å². The molecule has 0 radical (unpaired) electrons. The van der Waals surface area contributed by atoms with E-state index in [2.05, 4.69) is 21.9 Å². The summed E-state index contributed by atoms with van der Waals surface area (Å²) in [6.45, 7) is 0. The molecule has 0 aliphatic rings. The summed E-state index contributed by atoms with van der Waals surface area (Å²) in [6, 6.07) is 11.7. The van der Waals surface area contributed by atoms with Crippen LogP contribution in [0.1, 0.15) is 43.5 Å². The molecule has 24 heavy (non-hydrogen) atoms. The van der Waals surface area contributed by atoms with E-state index in [0.717, 1.165) is 42.6 Å². The molecule has 2 rings (SSSR count). The number of carbonyl (C=O) groups is 1. The van der Waals surface area contributed by atoms with Crippen LogP contribution in [0.4, 0.5) is 0 Å². The van der Waals surface area contributed by atoms with Crippen molar-refractivity contribution in [3.63, 3.8) is 0 Å². The molecule has 0 unspecified atom stereocenters. The van der Waals surface area contributed by atoms with Crippen LogP contribution in [-0.4, -0.2) is 26.3 Å². The lowest BCUT2D eigenvalue weighted by Crippen LogP contribution is -1.95. The molecule has 0 aliphatic heterocycles. The molecule has 0 fully saturated rings. The fourth-order valence-electron chi connectivity index (χ4n) is 2.23. The minimum Gasteiger partial charge on any atom is -0.481 e. The van der Waals surface area contributed by atoms with Gasteiger partial charge in [-0.05, 0) is 43.5 Å². The van der Waals surface area contributed by atoms with Crippen LogP contribution >= 0.6 is 0 Å². The summed E-state index contributed by atoms with van der Waals surface area (Å²) in [4.78, 5) is 19.3. The Morgan fingerprint density at radius 1 is 0.958 bits per heavy atom. The molecule has 128 valence electrons. The number of rotatable bonds is 8. The first-order chi connectivity index (χ1) is 11.8. The number of hydrogen-bond acceptors (Lipinski definition) is 5. The van der Waals surface area contributed by atoms with Gasteiger partial charge in [-0.2, -0.15) is 0 Å². The summed E-state index contributed by atoms with van der Waals surface area (Å²) in [5.74, 6) is 2.78. The maximum Gasteiger partial charge on any atom is 0.303 e. The lowest BCUT2D eigenvalue weighted by atomic mass is 10.0. The molecule has 2 aromatic rings. The van der Waals surface area contributed by atoms with E-state index < -0.39 is 5.97 Å². The number of carboxylic acids is 1. The van der Waals surface area contributed by atoms with Crippen molar-refractivity contribution < 1.29 is 15.1 Å². The molecule has 0 spiro atoms. The van der Waals surface area contributed by atoms with Crippen LogP contribution in [-0.2, 0) is 4.79 Å².